The van der Waals surface area contributed by atoms with Gasteiger partial charge in [-0.15, -0.1) is 11.8 Å². The quantitative estimate of drug-likeness (QED) is 0.660. The first-order chi connectivity index (χ1) is 8.12. The zero-order chi connectivity index (χ0) is 12.3. The average molecular weight is 244 g/mol. The molecule has 0 bridgehead atoms. The van der Waals surface area contributed by atoms with Gasteiger partial charge in [0.25, 0.3) is 0 Å². The fraction of sp³-hybridized carbons (Fsp3) is 0.250. The normalized spacial score (nSPS) is 14.2. The molecule has 1 heterocycles. The van der Waals surface area contributed by atoms with Crippen LogP contribution in [0.1, 0.15) is 6.92 Å². The lowest BCUT2D eigenvalue weighted by Gasteiger charge is -2.14. The van der Waals surface area contributed by atoms with Gasteiger partial charge in [0.15, 0.2) is 0 Å². The highest BCUT2D eigenvalue weighted by Crippen LogP contribution is 2.25. The maximum Gasteiger partial charge on any atom is 0.117 e. The van der Waals surface area contributed by atoms with E-state index < -0.39 is 5.54 Å². The third-order valence-corrected chi connectivity index (χ3v) is 3.61. The van der Waals surface area contributed by atoms with Gasteiger partial charge in [-0.1, -0.05) is 18.2 Å². The molecule has 2 aromatic rings. The summed E-state index contributed by atoms with van der Waals surface area (Å²) in [5.74, 6) is 0.504. The van der Waals surface area contributed by atoms with Crippen LogP contribution in [0.15, 0.2) is 35.6 Å². The minimum atomic E-state index is -0.837. The van der Waals surface area contributed by atoms with Crippen molar-refractivity contribution in [2.24, 2.45) is 5.73 Å². The van der Waals surface area contributed by atoms with Crippen molar-refractivity contribution in [3.8, 4) is 6.07 Å². The van der Waals surface area contributed by atoms with E-state index in [1.54, 1.807) is 6.92 Å². The minimum Gasteiger partial charge on any atom is -0.313 e. The summed E-state index contributed by atoms with van der Waals surface area (Å²) in [6.07, 6.45) is 1.53. The number of rotatable bonds is 3. The third-order valence-electron chi connectivity index (χ3n) is 2.27. The first-order valence-electron chi connectivity index (χ1n) is 5.15. The van der Waals surface area contributed by atoms with Gasteiger partial charge in [-0.3, -0.25) is 0 Å². The number of aromatic nitrogens is 2. The number of benzene rings is 1. The Balaban J connectivity index is 2.28. The summed E-state index contributed by atoms with van der Waals surface area (Å²) in [6.45, 7) is 1.71. The van der Waals surface area contributed by atoms with Gasteiger partial charge in [0, 0.05) is 11.1 Å². The van der Waals surface area contributed by atoms with Gasteiger partial charge in [0.05, 0.1) is 11.6 Å². The second-order valence-corrected chi connectivity index (χ2v) is 4.98. The molecule has 0 fully saturated rings. The molecule has 0 aliphatic rings. The van der Waals surface area contributed by atoms with Gasteiger partial charge >= 0.3 is 0 Å². The molecular weight excluding hydrogens is 232 g/mol. The van der Waals surface area contributed by atoms with Crippen LogP contribution in [0, 0.1) is 11.3 Å². The summed E-state index contributed by atoms with van der Waals surface area (Å²) in [7, 11) is 0. The molecule has 0 aliphatic heterocycles. The van der Waals surface area contributed by atoms with Gasteiger partial charge in [-0.25, -0.2) is 9.97 Å². The zero-order valence-corrected chi connectivity index (χ0v) is 10.2. The average Bonchev–Trinajstić information content (AvgIpc) is 2.36. The Hall–Kier alpha value is -1.64. The van der Waals surface area contributed by atoms with Crippen molar-refractivity contribution in [2.75, 3.05) is 5.75 Å². The van der Waals surface area contributed by atoms with E-state index in [2.05, 4.69) is 16.0 Å². The van der Waals surface area contributed by atoms with Crippen LogP contribution in [-0.4, -0.2) is 21.3 Å². The lowest BCUT2D eigenvalue weighted by atomic mass is 10.1. The Morgan fingerprint density at radius 3 is 2.94 bits per heavy atom. The zero-order valence-electron chi connectivity index (χ0n) is 9.42. The Bertz CT molecular complexity index is 569. The number of hydrogen-bond acceptors (Lipinski definition) is 5. The predicted molar refractivity (Wildman–Crippen MR) is 68.5 cm³/mol. The second kappa shape index (κ2) is 4.70. The molecule has 1 aromatic carbocycles. The van der Waals surface area contributed by atoms with Crippen molar-refractivity contribution in [1.82, 2.24) is 9.97 Å². The Morgan fingerprint density at radius 2 is 2.18 bits per heavy atom. The monoisotopic (exact) mass is 244 g/mol. The summed E-state index contributed by atoms with van der Waals surface area (Å²) in [5, 5.41) is 10.7. The van der Waals surface area contributed by atoms with Gasteiger partial charge in [0.2, 0.25) is 0 Å². The number of hydrogen-bond donors (Lipinski definition) is 1. The molecule has 1 unspecified atom stereocenters. The molecule has 1 atom stereocenters. The molecule has 86 valence electrons. The first-order valence-corrected chi connectivity index (χ1v) is 6.14. The van der Waals surface area contributed by atoms with Crippen molar-refractivity contribution in [2.45, 2.75) is 17.5 Å². The van der Waals surface area contributed by atoms with E-state index in [0.29, 0.717) is 5.75 Å². The smallest absolute Gasteiger partial charge is 0.117 e. The van der Waals surface area contributed by atoms with E-state index in [1.165, 1.54) is 18.1 Å². The Kier molecular flexibility index (Phi) is 3.27. The molecule has 17 heavy (non-hydrogen) atoms. The molecule has 2 N–H and O–H groups in total. The minimum absolute atomic E-state index is 0.504. The molecule has 0 aliphatic carbocycles. The third kappa shape index (κ3) is 2.73. The van der Waals surface area contributed by atoms with Crippen molar-refractivity contribution < 1.29 is 0 Å². The molecule has 0 saturated carbocycles. The fourth-order valence-corrected chi connectivity index (χ4v) is 2.30. The van der Waals surface area contributed by atoms with Gasteiger partial charge in [-0.2, -0.15) is 5.26 Å². The van der Waals surface area contributed by atoms with Crippen LogP contribution in [0.4, 0.5) is 0 Å². The summed E-state index contributed by atoms with van der Waals surface area (Å²) in [4.78, 5) is 8.42. The first kappa shape index (κ1) is 11.8. The molecule has 0 spiro atoms. The summed E-state index contributed by atoms with van der Waals surface area (Å²) in [6, 6.07) is 9.86. The largest absolute Gasteiger partial charge is 0.313 e. The summed E-state index contributed by atoms with van der Waals surface area (Å²) >= 11 is 1.48. The molecule has 0 radical (unpaired) electrons. The number of para-hydroxylation sites is 1. The summed E-state index contributed by atoms with van der Waals surface area (Å²) in [5.41, 5.74) is 5.85. The number of nitriles is 1. The van der Waals surface area contributed by atoms with Crippen molar-refractivity contribution >= 4 is 22.7 Å². The van der Waals surface area contributed by atoms with Gasteiger partial charge in [-0.05, 0) is 13.0 Å². The van der Waals surface area contributed by atoms with Crippen LogP contribution < -0.4 is 5.73 Å². The maximum atomic E-state index is 8.86. The van der Waals surface area contributed by atoms with Crippen molar-refractivity contribution in [3.05, 3.63) is 30.6 Å². The van der Waals surface area contributed by atoms with Crippen LogP contribution in [0.25, 0.3) is 10.9 Å². The standard InChI is InChI=1S/C12H12N4S/c1-12(14,6-13)7-17-11-9-4-2-3-5-10(9)15-8-16-11/h2-5,8H,7,14H2,1H3. The molecule has 0 amide bonds. The van der Waals surface area contributed by atoms with Crippen LogP contribution in [0.3, 0.4) is 0 Å². The lowest BCUT2D eigenvalue weighted by molar-refractivity contribution is 0.681. The van der Waals surface area contributed by atoms with Crippen LogP contribution >= 0.6 is 11.8 Å². The van der Waals surface area contributed by atoms with E-state index in [4.69, 9.17) is 11.0 Å². The summed E-state index contributed by atoms with van der Waals surface area (Å²) < 4.78 is 0. The van der Waals surface area contributed by atoms with Gasteiger partial charge in [0.1, 0.15) is 16.9 Å². The fourth-order valence-electron chi connectivity index (χ4n) is 1.35. The van der Waals surface area contributed by atoms with E-state index in [-0.39, 0.29) is 0 Å². The second-order valence-electron chi connectivity index (χ2n) is 4.01. The molecule has 0 saturated heterocycles. The Morgan fingerprint density at radius 1 is 1.41 bits per heavy atom. The van der Waals surface area contributed by atoms with E-state index in [1.807, 2.05) is 24.3 Å². The molecular formula is C12H12N4S. The predicted octanol–water partition coefficient (Wildman–Crippen LogP) is 1.96. The number of thioether (sulfide) groups is 1. The van der Waals surface area contributed by atoms with E-state index in [9.17, 15) is 0 Å². The van der Waals surface area contributed by atoms with Gasteiger partial charge < -0.3 is 5.73 Å². The number of nitrogens with zero attached hydrogens (tertiary/aromatic N) is 3. The molecule has 4 nitrogen and oxygen atoms in total. The van der Waals surface area contributed by atoms with Crippen molar-refractivity contribution in [1.29, 1.82) is 5.26 Å². The van der Waals surface area contributed by atoms with Crippen LogP contribution in [-0.2, 0) is 0 Å². The molecule has 2 rings (SSSR count). The van der Waals surface area contributed by atoms with E-state index in [0.717, 1.165) is 15.9 Å². The number of fused-ring (bicyclic) bond motifs is 1. The highest BCUT2D eigenvalue weighted by atomic mass is 32.2. The van der Waals surface area contributed by atoms with E-state index >= 15 is 0 Å². The topological polar surface area (TPSA) is 75.6 Å². The highest BCUT2D eigenvalue weighted by Gasteiger charge is 2.18. The molecule has 1 aromatic heterocycles. The van der Waals surface area contributed by atoms with Crippen molar-refractivity contribution in [3.63, 3.8) is 0 Å². The SMILES string of the molecule is CC(N)(C#N)CSc1ncnc2ccccc12. The maximum absolute atomic E-state index is 8.86. The number of nitrogens with two attached hydrogens (primary N) is 1. The Labute approximate surface area is 104 Å². The van der Waals surface area contributed by atoms with Crippen LogP contribution in [0.5, 0.6) is 0 Å². The van der Waals surface area contributed by atoms with Crippen LogP contribution in [0.2, 0.25) is 0 Å². The molecule has 5 heteroatoms. The lowest BCUT2D eigenvalue weighted by Crippen LogP contribution is -2.36. The highest BCUT2D eigenvalue weighted by molar-refractivity contribution is 7.99.